The SMILES string of the molecule is CNC1=C(c2cccc(OC(F)(F)F)c2)C(=O)C(c2ccccc2)C1. The average molecular weight is 347 g/mol. The second-order valence-electron chi connectivity index (χ2n) is 5.71. The van der Waals surface area contributed by atoms with Gasteiger partial charge >= 0.3 is 6.36 Å². The van der Waals surface area contributed by atoms with Gasteiger partial charge in [-0.3, -0.25) is 4.79 Å². The summed E-state index contributed by atoms with van der Waals surface area (Å²) in [5, 5.41) is 3.01. The van der Waals surface area contributed by atoms with Crippen molar-refractivity contribution in [2.24, 2.45) is 0 Å². The van der Waals surface area contributed by atoms with Gasteiger partial charge in [0, 0.05) is 24.7 Å². The number of halogens is 3. The van der Waals surface area contributed by atoms with Crippen LogP contribution in [-0.4, -0.2) is 19.2 Å². The Labute approximate surface area is 143 Å². The summed E-state index contributed by atoms with van der Waals surface area (Å²) in [7, 11) is 1.70. The average Bonchev–Trinajstić information content (AvgIpc) is 2.91. The molecule has 0 aromatic heterocycles. The first kappa shape index (κ1) is 17.1. The number of carbonyl (C=O) groups excluding carboxylic acids is 1. The number of hydrogen-bond donors (Lipinski definition) is 1. The van der Waals surface area contributed by atoms with Crippen molar-refractivity contribution in [3.8, 4) is 5.75 Å². The van der Waals surface area contributed by atoms with E-state index < -0.39 is 6.36 Å². The molecule has 3 rings (SSSR count). The quantitative estimate of drug-likeness (QED) is 0.897. The molecule has 0 fully saturated rings. The topological polar surface area (TPSA) is 38.3 Å². The lowest BCUT2D eigenvalue weighted by Crippen LogP contribution is -2.17. The Morgan fingerprint density at radius 3 is 2.44 bits per heavy atom. The van der Waals surface area contributed by atoms with E-state index in [1.807, 2.05) is 30.3 Å². The van der Waals surface area contributed by atoms with E-state index in [2.05, 4.69) is 10.1 Å². The van der Waals surface area contributed by atoms with E-state index in [1.54, 1.807) is 13.1 Å². The lowest BCUT2D eigenvalue weighted by Gasteiger charge is -2.12. The maximum Gasteiger partial charge on any atom is 0.573 e. The van der Waals surface area contributed by atoms with Gasteiger partial charge in [-0.15, -0.1) is 13.2 Å². The number of hydrogen-bond acceptors (Lipinski definition) is 3. The van der Waals surface area contributed by atoms with Crippen LogP contribution in [0.15, 0.2) is 60.3 Å². The number of Topliss-reactive ketones (excluding diaryl/α,β-unsaturated/α-hetero) is 1. The lowest BCUT2D eigenvalue weighted by atomic mass is 9.93. The number of ketones is 1. The van der Waals surface area contributed by atoms with Gasteiger partial charge in [0.2, 0.25) is 0 Å². The molecule has 1 N–H and O–H groups in total. The van der Waals surface area contributed by atoms with Crippen LogP contribution in [0.1, 0.15) is 23.5 Å². The van der Waals surface area contributed by atoms with Crippen molar-refractivity contribution >= 4 is 11.4 Å². The van der Waals surface area contributed by atoms with E-state index in [1.165, 1.54) is 18.2 Å². The molecule has 25 heavy (non-hydrogen) atoms. The highest BCUT2D eigenvalue weighted by atomic mass is 19.4. The highest BCUT2D eigenvalue weighted by molar-refractivity contribution is 6.26. The third-order valence-corrected chi connectivity index (χ3v) is 4.13. The van der Waals surface area contributed by atoms with Gasteiger partial charge in [0.15, 0.2) is 5.78 Å². The van der Waals surface area contributed by atoms with Crippen LogP contribution in [-0.2, 0) is 4.79 Å². The fourth-order valence-corrected chi connectivity index (χ4v) is 3.07. The van der Waals surface area contributed by atoms with E-state index >= 15 is 0 Å². The van der Waals surface area contributed by atoms with Crippen LogP contribution in [0.4, 0.5) is 13.2 Å². The van der Waals surface area contributed by atoms with Crippen LogP contribution >= 0.6 is 0 Å². The molecule has 3 nitrogen and oxygen atoms in total. The third kappa shape index (κ3) is 3.68. The van der Waals surface area contributed by atoms with Gasteiger partial charge in [0.05, 0.1) is 5.92 Å². The molecule has 1 aliphatic rings. The highest BCUT2D eigenvalue weighted by Gasteiger charge is 2.35. The van der Waals surface area contributed by atoms with Crippen LogP contribution < -0.4 is 10.1 Å². The molecule has 1 unspecified atom stereocenters. The van der Waals surface area contributed by atoms with Crippen molar-refractivity contribution < 1.29 is 22.7 Å². The zero-order chi connectivity index (χ0) is 18.0. The zero-order valence-electron chi connectivity index (χ0n) is 13.4. The Hall–Kier alpha value is -2.76. The van der Waals surface area contributed by atoms with E-state index in [9.17, 15) is 18.0 Å². The number of rotatable bonds is 4. The molecule has 130 valence electrons. The number of ether oxygens (including phenoxy) is 1. The Balaban J connectivity index is 1.95. The molecule has 0 saturated carbocycles. The predicted molar refractivity (Wildman–Crippen MR) is 87.9 cm³/mol. The Kier molecular flexibility index (Phi) is 4.53. The molecule has 0 aliphatic heterocycles. The Morgan fingerprint density at radius 1 is 1.08 bits per heavy atom. The number of alkyl halides is 3. The summed E-state index contributed by atoms with van der Waals surface area (Å²) < 4.78 is 41.3. The fraction of sp³-hybridized carbons (Fsp3) is 0.211. The largest absolute Gasteiger partial charge is 0.573 e. The summed E-state index contributed by atoms with van der Waals surface area (Å²) in [5.41, 5.74) is 2.42. The summed E-state index contributed by atoms with van der Waals surface area (Å²) in [6.45, 7) is 0. The van der Waals surface area contributed by atoms with E-state index in [-0.39, 0.29) is 17.5 Å². The summed E-state index contributed by atoms with van der Waals surface area (Å²) in [5.74, 6) is -0.797. The van der Waals surface area contributed by atoms with Gasteiger partial charge in [-0.25, -0.2) is 0 Å². The molecule has 0 bridgehead atoms. The molecule has 0 heterocycles. The molecule has 0 saturated heterocycles. The van der Waals surface area contributed by atoms with Crippen molar-refractivity contribution in [2.75, 3.05) is 7.05 Å². The minimum absolute atomic E-state index is 0.111. The first-order valence-electron chi connectivity index (χ1n) is 7.75. The third-order valence-electron chi connectivity index (χ3n) is 4.13. The predicted octanol–water partition coefficient (Wildman–Crippen LogP) is 4.27. The Morgan fingerprint density at radius 2 is 1.80 bits per heavy atom. The van der Waals surface area contributed by atoms with Crippen molar-refractivity contribution in [1.29, 1.82) is 0 Å². The molecular weight excluding hydrogens is 331 g/mol. The van der Waals surface area contributed by atoms with Crippen LogP contribution in [0, 0.1) is 0 Å². The molecule has 0 spiro atoms. The molecule has 0 radical (unpaired) electrons. The maximum atomic E-state index is 12.9. The molecule has 0 amide bonds. The normalized spacial score (nSPS) is 17.8. The smallest absolute Gasteiger partial charge is 0.406 e. The van der Waals surface area contributed by atoms with Gasteiger partial charge in [0.1, 0.15) is 5.75 Å². The van der Waals surface area contributed by atoms with Gasteiger partial charge < -0.3 is 10.1 Å². The molecule has 1 atom stereocenters. The molecule has 6 heteroatoms. The fourth-order valence-electron chi connectivity index (χ4n) is 3.07. The molecular formula is C19H16F3NO2. The monoisotopic (exact) mass is 347 g/mol. The summed E-state index contributed by atoms with van der Waals surface area (Å²) in [6, 6.07) is 14.9. The van der Waals surface area contributed by atoms with Gasteiger partial charge in [0.25, 0.3) is 0 Å². The van der Waals surface area contributed by atoms with E-state index in [4.69, 9.17) is 0 Å². The summed E-state index contributed by atoms with van der Waals surface area (Å²) in [6.07, 6.45) is -4.29. The number of allylic oxidation sites excluding steroid dienone is 2. The van der Waals surface area contributed by atoms with Crippen molar-refractivity contribution in [3.05, 3.63) is 71.4 Å². The number of nitrogens with one attached hydrogen (secondary N) is 1. The van der Waals surface area contributed by atoms with Gasteiger partial charge in [-0.1, -0.05) is 42.5 Å². The van der Waals surface area contributed by atoms with Crippen LogP contribution in [0.3, 0.4) is 0 Å². The van der Waals surface area contributed by atoms with E-state index in [0.717, 1.165) is 5.56 Å². The van der Waals surface area contributed by atoms with Crippen LogP contribution in [0.25, 0.3) is 5.57 Å². The first-order chi connectivity index (χ1) is 11.9. The van der Waals surface area contributed by atoms with Crippen molar-refractivity contribution in [2.45, 2.75) is 18.7 Å². The number of benzene rings is 2. The van der Waals surface area contributed by atoms with Gasteiger partial charge in [-0.2, -0.15) is 0 Å². The van der Waals surface area contributed by atoms with Crippen molar-refractivity contribution in [1.82, 2.24) is 5.32 Å². The standard InChI is InChI=1S/C19H16F3NO2/c1-23-16-11-15(12-6-3-2-4-7-12)18(24)17(16)13-8-5-9-14(10-13)25-19(20,21)22/h2-10,15,23H,11H2,1H3. The van der Waals surface area contributed by atoms with Crippen LogP contribution in [0.5, 0.6) is 5.75 Å². The summed E-state index contributed by atoms with van der Waals surface area (Å²) in [4.78, 5) is 12.9. The maximum absolute atomic E-state index is 12.9. The lowest BCUT2D eigenvalue weighted by molar-refractivity contribution is -0.274. The highest BCUT2D eigenvalue weighted by Crippen LogP contribution is 2.40. The molecule has 2 aromatic rings. The molecule has 2 aromatic carbocycles. The Bertz CT molecular complexity index is 813. The second kappa shape index (κ2) is 6.63. The molecule has 1 aliphatic carbocycles. The van der Waals surface area contributed by atoms with Crippen molar-refractivity contribution in [3.63, 3.8) is 0 Å². The zero-order valence-corrected chi connectivity index (χ0v) is 13.4. The number of carbonyl (C=O) groups is 1. The second-order valence-corrected chi connectivity index (χ2v) is 5.71. The van der Waals surface area contributed by atoms with Crippen LogP contribution in [0.2, 0.25) is 0 Å². The minimum atomic E-state index is -4.77. The first-order valence-corrected chi connectivity index (χ1v) is 7.75. The summed E-state index contributed by atoms with van der Waals surface area (Å²) >= 11 is 0. The minimum Gasteiger partial charge on any atom is -0.406 e. The van der Waals surface area contributed by atoms with Gasteiger partial charge in [-0.05, 0) is 23.3 Å². The van der Waals surface area contributed by atoms with E-state index in [0.29, 0.717) is 23.3 Å².